The van der Waals surface area contributed by atoms with Crippen molar-refractivity contribution in [1.82, 2.24) is 0 Å². The van der Waals surface area contributed by atoms with Gasteiger partial charge in [0, 0.05) is 31.3 Å². The van der Waals surface area contributed by atoms with Crippen molar-refractivity contribution in [3.8, 4) is 0 Å². The van der Waals surface area contributed by atoms with Crippen molar-refractivity contribution >= 4 is 17.1 Å². The average molecular weight is 361 g/mol. The highest BCUT2D eigenvalue weighted by Crippen LogP contribution is 2.36. The summed E-state index contributed by atoms with van der Waals surface area (Å²) in [6, 6.07) is 23.5. The second-order valence-electron chi connectivity index (χ2n) is 6.76. The number of rotatable bonds is 7. The molecule has 0 amide bonds. The Balaban J connectivity index is 2.08. The van der Waals surface area contributed by atoms with E-state index in [1.54, 1.807) is 14.2 Å². The van der Waals surface area contributed by atoms with Crippen LogP contribution in [0.25, 0.3) is 0 Å². The summed E-state index contributed by atoms with van der Waals surface area (Å²) >= 11 is 0. The molecule has 0 aliphatic rings. The van der Waals surface area contributed by atoms with Crippen LogP contribution in [0.5, 0.6) is 0 Å². The predicted molar refractivity (Wildman–Crippen MR) is 112 cm³/mol. The quantitative estimate of drug-likeness (QED) is 0.510. The van der Waals surface area contributed by atoms with Crippen LogP contribution in [0.2, 0.25) is 0 Å². The predicted octanol–water partition coefficient (Wildman–Crippen LogP) is 6.07. The highest BCUT2D eigenvalue weighted by atomic mass is 16.5. The monoisotopic (exact) mass is 361 g/mol. The Hall–Kier alpha value is -2.62. The molecule has 3 aromatic rings. The van der Waals surface area contributed by atoms with E-state index in [2.05, 4.69) is 79.4 Å². The summed E-state index contributed by atoms with van der Waals surface area (Å²) in [4.78, 5) is 2.28. The zero-order valence-corrected chi connectivity index (χ0v) is 16.5. The smallest absolute Gasteiger partial charge is 0.0715 e. The Morgan fingerprint density at radius 2 is 1.11 bits per heavy atom. The molecule has 0 saturated carbocycles. The third-order valence-electron chi connectivity index (χ3n) is 4.78. The average Bonchev–Trinajstić information content (AvgIpc) is 2.67. The maximum atomic E-state index is 5.30. The fraction of sp³-hybridized carbons (Fsp3) is 0.250. The second kappa shape index (κ2) is 8.85. The number of aryl methyl sites for hydroxylation is 2. The molecule has 0 aromatic heterocycles. The Morgan fingerprint density at radius 1 is 0.630 bits per heavy atom. The van der Waals surface area contributed by atoms with Crippen molar-refractivity contribution in [1.29, 1.82) is 0 Å². The van der Waals surface area contributed by atoms with Gasteiger partial charge in [-0.2, -0.15) is 0 Å². The number of benzene rings is 3. The van der Waals surface area contributed by atoms with Crippen molar-refractivity contribution in [3.05, 3.63) is 89.0 Å². The van der Waals surface area contributed by atoms with Crippen LogP contribution in [0, 0.1) is 13.8 Å². The van der Waals surface area contributed by atoms with Crippen LogP contribution in [-0.4, -0.2) is 14.2 Å². The van der Waals surface area contributed by atoms with Gasteiger partial charge in [0.1, 0.15) is 0 Å². The van der Waals surface area contributed by atoms with E-state index in [9.17, 15) is 0 Å². The van der Waals surface area contributed by atoms with Crippen molar-refractivity contribution in [3.63, 3.8) is 0 Å². The molecule has 0 atom stereocenters. The maximum Gasteiger partial charge on any atom is 0.0715 e. The van der Waals surface area contributed by atoms with Crippen molar-refractivity contribution < 1.29 is 9.47 Å². The minimum atomic E-state index is 0.627. The number of ether oxygens (including phenoxy) is 2. The first-order valence-corrected chi connectivity index (χ1v) is 9.16. The molecule has 0 unspecified atom stereocenters. The number of anilines is 3. The molecule has 3 aromatic carbocycles. The molecule has 0 radical (unpaired) electrons. The van der Waals surface area contributed by atoms with Crippen molar-refractivity contribution in [2.75, 3.05) is 19.1 Å². The number of para-hydroxylation sites is 1. The number of hydrogen-bond donors (Lipinski definition) is 0. The molecule has 0 N–H and O–H groups in total. The van der Waals surface area contributed by atoms with E-state index < -0.39 is 0 Å². The lowest BCUT2D eigenvalue weighted by Crippen LogP contribution is -2.11. The molecule has 0 fully saturated rings. The summed E-state index contributed by atoms with van der Waals surface area (Å²) in [6.45, 7) is 5.52. The van der Waals surface area contributed by atoms with Crippen LogP contribution >= 0.6 is 0 Å². The van der Waals surface area contributed by atoms with Crippen molar-refractivity contribution in [2.24, 2.45) is 0 Å². The van der Waals surface area contributed by atoms with Gasteiger partial charge in [-0.1, -0.05) is 30.3 Å². The third-order valence-corrected chi connectivity index (χ3v) is 4.78. The summed E-state index contributed by atoms with van der Waals surface area (Å²) in [6.07, 6.45) is 0. The number of nitrogens with zero attached hydrogens (tertiary/aromatic N) is 1. The zero-order chi connectivity index (χ0) is 19.2. The fourth-order valence-corrected chi connectivity index (χ4v) is 3.30. The first-order chi connectivity index (χ1) is 13.1. The van der Waals surface area contributed by atoms with Crippen molar-refractivity contribution in [2.45, 2.75) is 27.1 Å². The summed E-state index contributed by atoms with van der Waals surface area (Å²) in [7, 11) is 3.46. The Bertz CT molecular complexity index is 835. The molecule has 3 nitrogen and oxygen atoms in total. The van der Waals surface area contributed by atoms with Gasteiger partial charge in [-0.15, -0.1) is 0 Å². The van der Waals surface area contributed by atoms with Gasteiger partial charge in [-0.3, -0.25) is 0 Å². The largest absolute Gasteiger partial charge is 0.380 e. The van der Waals surface area contributed by atoms with Gasteiger partial charge in [0.05, 0.1) is 13.2 Å². The Kier molecular flexibility index (Phi) is 6.28. The fourth-order valence-electron chi connectivity index (χ4n) is 3.30. The van der Waals surface area contributed by atoms with E-state index in [0.717, 1.165) is 17.1 Å². The molecule has 3 rings (SSSR count). The molecule has 0 saturated heterocycles. The van der Waals surface area contributed by atoms with Gasteiger partial charge in [-0.05, 0) is 72.5 Å². The van der Waals surface area contributed by atoms with Crippen LogP contribution in [0.15, 0.2) is 66.7 Å². The minimum absolute atomic E-state index is 0.627. The van der Waals surface area contributed by atoms with Crippen LogP contribution in [-0.2, 0) is 22.7 Å². The third kappa shape index (κ3) is 4.38. The highest BCUT2D eigenvalue weighted by molar-refractivity contribution is 5.77. The molecular weight excluding hydrogens is 334 g/mol. The number of methoxy groups -OCH3 is 2. The van der Waals surface area contributed by atoms with E-state index >= 15 is 0 Å². The summed E-state index contributed by atoms with van der Waals surface area (Å²) in [5.41, 5.74) is 8.28. The molecule has 140 valence electrons. The SMILES string of the molecule is COCc1ccc(N(c2ccccc2)c2ccc(COC)c(C)c2)cc1C. The molecule has 0 aliphatic carbocycles. The van der Waals surface area contributed by atoms with Gasteiger partial charge in [0.15, 0.2) is 0 Å². The van der Waals surface area contributed by atoms with E-state index in [-0.39, 0.29) is 0 Å². The normalized spacial score (nSPS) is 10.8. The molecule has 27 heavy (non-hydrogen) atoms. The van der Waals surface area contributed by atoms with Gasteiger partial charge < -0.3 is 14.4 Å². The molecular formula is C24H27NO2. The maximum absolute atomic E-state index is 5.30. The summed E-state index contributed by atoms with van der Waals surface area (Å²) < 4.78 is 10.6. The highest BCUT2D eigenvalue weighted by Gasteiger charge is 2.14. The van der Waals surface area contributed by atoms with Crippen LogP contribution in [0.3, 0.4) is 0 Å². The second-order valence-corrected chi connectivity index (χ2v) is 6.76. The first kappa shape index (κ1) is 19.2. The van der Waals surface area contributed by atoms with Gasteiger partial charge >= 0.3 is 0 Å². The molecule has 3 heteroatoms. The Morgan fingerprint density at radius 3 is 1.52 bits per heavy atom. The lowest BCUT2D eigenvalue weighted by atomic mass is 10.0. The first-order valence-electron chi connectivity index (χ1n) is 9.16. The van der Waals surface area contributed by atoms with E-state index in [1.165, 1.54) is 22.3 Å². The summed E-state index contributed by atoms with van der Waals surface area (Å²) in [5.74, 6) is 0. The van der Waals surface area contributed by atoms with E-state index in [4.69, 9.17) is 9.47 Å². The minimum Gasteiger partial charge on any atom is -0.380 e. The topological polar surface area (TPSA) is 21.7 Å². The number of hydrogen-bond acceptors (Lipinski definition) is 3. The zero-order valence-electron chi connectivity index (χ0n) is 16.5. The van der Waals surface area contributed by atoms with Crippen LogP contribution in [0.4, 0.5) is 17.1 Å². The van der Waals surface area contributed by atoms with Gasteiger partial charge in [0.25, 0.3) is 0 Å². The van der Waals surface area contributed by atoms with Crippen LogP contribution < -0.4 is 4.90 Å². The molecule has 0 heterocycles. The van der Waals surface area contributed by atoms with E-state index in [1.807, 2.05) is 6.07 Å². The molecule has 0 bridgehead atoms. The van der Waals surface area contributed by atoms with Gasteiger partial charge in [0.2, 0.25) is 0 Å². The lowest BCUT2D eigenvalue weighted by Gasteiger charge is -2.27. The standard InChI is InChI=1S/C24H27NO2/c1-18-14-23(12-10-20(18)16-26-3)25(22-8-6-5-7-9-22)24-13-11-21(17-27-4)19(2)15-24/h5-15H,16-17H2,1-4H3. The summed E-state index contributed by atoms with van der Waals surface area (Å²) in [5, 5.41) is 0. The molecule has 0 aliphatic heterocycles. The van der Waals surface area contributed by atoms with Crippen LogP contribution in [0.1, 0.15) is 22.3 Å². The van der Waals surface area contributed by atoms with E-state index in [0.29, 0.717) is 13.2 Å². The van der Waals surface area contributed by atoms with Gasteiger partial charge in [-0.25, -0.2) is 0 Å². The molecule has 0 spiro atoms. The lowest BCUT2D eigenvalue weighted by molar-refractivity contribution is 0.184. The Labute approximate surface area is 162 Å².